The number of benzene rings is 1. The van der Waals surface area contributed by atoms with E-state index in [0.29, 0.717) is 18.6 Å². The first-order chi connectivity index (χ1) is 15.2. The van der Waals surface area contributed by atoms with E-state index in [1.807, 2.05) is 13.0 Å². The fraction of sp³-hybridized carbons (Fsp3) is 0.680. The van der Waals surface area contributed by atoms with Crippen molar-refractivity contribution < 1.29 is 9.59 Å². The zero-order valence-corrected chi connectivity index (χ0v) is 19.3. The number of carbonyl (C=O) groups is 2. The van der Waals surface area contributed by atoms with Gasteiger partial charge in [0.05, 0.1) is 0 Å². The van der Waals surface area contributed by atoms with Crippen LogP contribution in [-0.2, 0) is 6.42 Å². The van der Waals surface area contributed by atoms with Crippen LogP contribution < -0.4 is 21.3 Å². The van der Waals surface area contributed by atoms with Gasteiger partial charge in [0.1, 0.15) is 0 Å². The highest BCUT2D eigenvalue weighted by atomic mass is 16.2. The molecule has 2 saturated carbocycles. The van der Waals surface area contributed by atoms with E-state index < -0.39 is 0 Å². The van der Waals surface area contributed by atoms with Crippen LogP contribution in [0.4, 0.5) is 9.59 Å². The maximum Gasteiger partial charge on any atom is 0.315 e. The molecule has 31 heavy (non-hydrogen) atoms. The number of hydrogen-bond acceptors (Lipinski definition) is 2. The summed E-state index contributed by atoms with van der Waals surface area (Å²) in [5.41, 5.74) is 1.33. The van der Waals surface area contributed by atoms with E-state index >= 15 is 0 Å². The van der Waals surface area contributed by atoms with Crippen LogP contribution in [0.5, 0.6) is 0 Å². The van der Waals surface area contributed by atoms with Crippen LogP contribution in [0.2, 0.25) is 0 Å². The number of amides is 4. The smallest absolute Gasteiger partial charge is 0.315 e. The standard InChI is InChI=1S/C16H24N2O.C9H18N2O/c19-16(18-15-11-5-2-6-12-15)17-13-7-10-14-8-3-1-4-9-14;1-2-10-9(12)11-8-6-4-3-5-7-8/h1,3-4,8-9,15H,2,5-7,10-13H2,(H2,17,18,19);8H,2-7H2,1H3,(H2,10,11,12). The van der Waals surface area contributed by atoms with Crippen LogP contribution in [0.15, 0.2) is 30.3 Å². The minimum atomic E-state index is -0.00981. The van der Waals surface area contributed by atoms with Crippen LogP contribution in [0.3, 0.4) is 0 Å². The maximum absolute atomic E-state index is 11.7. The molecule has 0 aliphatic heterocycles. The Balaban J connectivity index is 0.000000245. The summed E-state index contributed by atoms with van der Waals surface area (Å²) in [6, 6.07) is 11.2. The van der Waals surface area contributed by atoms with Gasteiger partial charge in [-0.2, -0.15) is 0 Å². The van der Waals surface area contributed by atoms with Gasteiger partial charge in [-0.15, -0.1) is 0 Å². The summed E-state index contributed by atoms with van der Waals surface area (Å²) in [5.74, 6) is 0. The molecule has 3 rings (SSSR count). The summed E-state index contributed by atoms with van der Waals surface area (Å²) >= 11 is 0. The van der Waals surface area contributed by atoms with Gasteiger partial charge >= 0.3 is 12.1 Å². The molecule has 0 heterocycles. The highest BCUT2D eigenvalue weighted by Gasteiger charge is 2.15. The van der Waals surface area contributed by atoms with Crippen molar-refractivity contribution in [3.8, 4) is 0 Å². The number of rotatable bonds is 7. The van der Waals surface area contributed by atoms with Gasteiger partial charge in [-0.25, -0.2) is 9.59 Å². The molecule has 4 N–H and O–H groups in total. The zero-order chi connectivity index (χ0) is 22.2. The van der Waals surface area contributed by atoms with E-state index in [4.69, 9.17) is 0 Å². The van der Waals surface area contributed by atoms with E-state index in [-0.39, 0.29) is 12.1 Å². The number of carbonyl (C=O) groups excluding carboxylic acids is 2. The molecule has 0 saturated heterocycles. The Morgan fingerprint density at radius 2 is 1.29 bits per heavy atom. The third-order valence-corrected chi connectivity index (χ3v) is 5.99. The van der Waals surface area contributed by atoms with Gasteiger partial charge in [-0.1, -0.05) is 68.9 Å². The van der Waals surface area contributed by atoms with Crippen molar-refractivity contribution in [2.45, 2.75) is 96.1 Å². The van der Waals surface area contributed by atoms with Crippen molar-refractivity contribution in [1.82, 2.24) is 21.3 Å². The highest BCUT2D eigenvalue weighted by Crippen LogP contribution is 2.17. The van der Waals surface area contributed by atoms with E-state index in [9.17, 15) is 9.59 Å². The lowest BCUT2D eigenvalue weighted by atomic mass is 9.96. The number of hydrogen-bond donors (Lipinski definition) is 4. The molecule has 1 aromatic carbocycles. The van der Waals surface area contributed by atoms with Crippen LogP contribution in [0.25, 0.3) is 0 Å². The van der Waals surface area contributed by atoms with E-state index in [1.165, 1.54) is 44.1 Å². The Bertz CT molecular complexity index is 611. The predicted molar refractivity (Wildman–Crippen MR) is 127 cm³/mol. The van der Waals surface area contributed by atoms with Crippen molar-refractivity contribution in [3.63, 3.8) is 0 Å². The van der Waals surface area contributed by atoms with Crippen molar-refractivity contribution in [2.75, 3.05) is 13.1 Å². The first-order valence-electron chi connectivity index (χ1n) is 12.3. The minimum absolute atomic E-state index is 0.0000355. The average Bonchev–Trinajstić information content (AvgIpc) is 2.79. The van der Waals surface area contributed by atoms with Crippen molar-refractivity contribution in [2.24, 2.45) is 0 Å². The van der Waals surface area contributed by atoms with E-state index in [1.54, 1.807) is 0 Å². The molecule has 2 aliphatic rings. The van der Waals surface area contributed by atoms with Crippen LogP contribution in [0, 0.1) is 0 Å². The minimum Gasteiger partial charge on any atom is -0.338 e. The molecule has 1 aromatic rings. The molecule has 0 atom stereocenters. The summed E-state index contributed by atoms with van der Waals surface area (Å²) in [6.45, 7) is 3.38. The molecule has 174 valence electrons. The molecule has 0 radical (unpaired) electrons. The fourth-order valence-corrected chi connectivity index (χ4v) is 4.27. The SMILES string of the molecule is CCNC(=O)NC1CCCCC1.O=C(NCCCc1ccccc1)NC1CCCCC1. The largest absolute Gasteiger partial charge is 0.338 e. The molecule has 0 aromatic heterocycles. The summed E-state index contributed by atoms with van der Waals surface area (Å²) in [6.07, 6.45) is 14.2. The molecule has 4 amide bonds. The highest BCUT2D eigenvalue weighted by molar-refractivity contribution is 5.74. The normalized spacial score (nSPS) is 17.1. The van der Waals surface area contributed by atoms with Crippen LogP contribution in [0.1, 0.15) is 83.1 Å². The van der Waals surface area contributed by atoms with Gasteiger partial charge in [0, 0.05) is 25.2 Å². The summed E-state index contributed by atoms with van der Waals surface area (Å²) in [7, 11) is 0. The molecule has 6 nitrogen and oxygen atoms in total. The van der Waals surface area contributed by atoms with Gasteiger partial charge in [-0.3, -0.25) is 0 Å². The first-order valence-corrected chi connectivity index (χ1v) is 12.3. The van der Waals surface area contributed by atoms with E-state index in [0.717, 1.165) is 45.1 Å². The molecule has 6 heteroatoms. The predicted octanol–water partition coefficient (Wildman–Crippen LogP) is 4.89. The molecule has 0 unspecified atom stereocenters. The topological polar surface area (TPSA) is 82.3 Å². The second-order valence-corrected chi connectivity index (χ2v) is 8.66. The van der Waals surface area contributed by atoms with Gasteiger partial charge < -0.3 is 21.3 Å². The fourth-order valence-electron chi connectivity index (χ4n) is 4.27. The van der Waals surface area contributed by atoms with Gasteiger partial charge in [0.25, 0.3) is 0 Å². The Morgan fingerprint density at radius 3 is 1.81 bits per heavy atom. The molecule has 0 spiro atoms. The second kappa shape index (κ2) is 15.5. The Hall–Kier alpha value is -2.24. The monoisotopic (exact) mass is 430 g/mol. The maximum atomic E-state index is 11.7. The van der Waals surface area contributed by atoms with Crippen molar-refractivity contribution >= 4 is 12.1 Å². The van der Waals surface area contributed by atoms with Crippen LogP contribution in [-0.4, -0.2) is 37.2 Å². The number of nitrogens with one attached hydrogen (secondary N) is 4. The van der Waals surface area contributed by atoms with Gasteiger partial charge in [0.15, 0.2) is 0 Å². The lowest BCUT2D eigenvalue weighted by molar-refractivity contribution is 0.232. The van der Waals surface area contributed by atoms with Crippen molar-refractivity contribution in [1.29, 1.82) is 0 Å². The summed E-state index contributed by atoms with van der Waals surface area (Å²) < 4.78 is 0. The van der Waals surface area contributed by atoms with Gasteiger partial charge in [0.2, 0.25) is 0 Å². The Morgan fingerprint density at radius 1 is 0.774 bits per heavy atom. The van der Waals surface area contributed by atoms with E-state index in [2.05, 4.69) is 45.5 Å². The summed E-state index contributed by atoms with van der Waals surface area (Å²) in [4.78, 5) is 22.8. The van der Waals surface area contributed by atoms with Gasteiger partial charge in [-0.05, 0) is 51.0 Å². The zero-order valence-electron chi connectivity index (χ0n) is 19.3. The molecular weight excluding hydrogens is 388 g/mol. The molecular formula is C25H42N4O2. The lowest BCUT2D eigenvalue weighted by Crippen LogP contribution is -2.43. The number of aryl methyl sites for hydroxylation is 1. The molecule has 2 aliphatic carbocycles. The lowest BCUT2D eigenvalue weighted by Gasteiger charge is -2.22. The Labute approximate surface area is 188 Å². The quantitative estimate of drug-likeness (QED) is 0.465. The number of urea groups is 2. The third-order valence-electron chi connectivity index (χ3n) is 5.99. The van der Waals surface area contributed by atoms with Crippen LogP contribution >= 0.6 is 0 Å². The average molecular weight is 431 g/mol. The third kappa shape index (κ3) is 11.7. The second-order valence-electron chi connectivity index (χ2n) is 8.66. The molecule has 0 bridgehead atoms. The Kier molecular flexibility index (Phi) is 12.5. The summed E-state index contributed by atoms with van der Waals surface area (Å²) in [5, 5.41) is 11.7. The molecule has 2 fully saturated rings. The van der Waals surface area contributed by atoms with Crippen molar-refractivity contribution in [3.05, 3.63) is 35.9 Å². The first kappa shape index (κ1) is 25.0.